The molecule has 4 atom stereocenters. The zero-order valence-corrected chi connectivity index (χ0v) is 22.5. The first-order valence-corrected chi connectivity index (χ1v) is 12.9. The topological polar surface area (TPSA) is 264 Å². The number of nitrogens with zero attached hydrogens (tertiary/aromatic N) is 2. The second kappa shape index (κ2) is 15.9. The number of thiol groups is 1. The predicted molar refractivity (Wildman–Crippen MR) is 149 cm³/mol. The molecule has 0 saturated heterocycles. The molecule has 0 radical (unpaired) electrons. The summed E-state index contributed by atoms with van der Waals surface area (Å²) < 4.78 is 0. The Morgan fingerprint density at radius 1 is 0.975 bits per heavy atom. The average Bonchev–Trinajstić information content (AvgIpc) is 3.42. The smallest absolute Gasteiger partial charge is 0.326 e. The Hall–Kier alpha value is -4.31. The van der Waals surface area contributed by atoms with Gasteiger partial charge in [-0.3, -0.25) is 19.4 Å². The second-order valence-corrected chi connectivity index (χ2v) is 9.28. The minimum absolute atomic E-state index is 0.0362. The molecule has 218 valence electrons. The molecule has 15 nitrogen and oxygen atoms in total. The number of nitrogens with two attached hydrogens (primary N) is 3. The minimum atomic E-state index is -1.27. The molecule has 2 aromatic rings. The summed E-state index contributed by atoms with van der Waals surface area (Å²) in [5.74, 6) is -3.54. The fourth-order valence-corrected chi connectivity index (χ4v) is 3.84. The van der Waals surface area contributed by atoms with Crippen LogP contribution in [0.1, 0.15) is 24.1 Å². The number of carboxylic acids is 1. The summed E-state index contributed by atoms with van der Waals surface area (Å²) >= 11 is 4.15. The van der Waals surface area contributed by atoms with Crippen LogP contribution in [0, 0.1) is 0 Å². The first-order chi connectivity index (χ1) is 19.0. The molecule has 0 aliphatic heterocycles. The summed E-state index contributed by atoms with van der Waals surface area (Å²) in [5, 5.41) is 26.5. The number of aliphatic carboxylic acids is 1. The van der Waals surface area contributed by atoms with Crippen LogP contribution in [-0.2, 0) is 32.0 Å². The van der Waals surface area contributed by atoms with Crippen LogP contribution in [0.15, 0.2) is 41.8 Å². The van der Waals surface area contributed by atoms with Crippen LogP contribution in [0.3, 0.4) is 0 Å². The quantitative estimate of drug-likeness (QED) is 0.0443. The van der Waals surface area contributed by atoms with Crippen molar-refractivity contribution in [3.05, 3.63) is 48.0 Å². The highest BCUT2D eigenvalue weighted by molar-refractivity contribution is 7.80. The van der Waals surface area contributed by atoms with Crippen LogP contribution >= 0.6 is 12.6 Å². The Kier molecular flexibility index (Phi) is 12.7. The number of aromatic nitrogens is 2. The third-order valence-electron chi connectivity index (χ3n) is 5.72. The van der Waals surface area contributed by atoms with Crippen LogP contribution in [0.4, 0.5) is 0 Å². The van der Waals surface area contributed by atoms with Crippen molar-refractivity contribution in [2.24, 2.45) is 22.2 Å². The van der Waals surface area contributed by atoms with E-state index in [0.717, 1.165) is 0 Å². The van der Waals surface area contributed by atoms with Gasteiger partial charge in [0.2, 0.25) is 17.7 Å². The van der Waals surface area contributed by atoms with E-state index in [-0.39, 0.29) is 49.7 Å². The largest absolute Gasteiger partial charge is 0.508 e. The molecule has 1 aromatic heterocycles. The van der Waals surface area contributed by atoms with Crippen molar-refractivity contribution in [3.63, 3.8) is 0 Å². The fourth-order valence-electron chi connectivity index (χ4n) is 3.58. The lowest BCUT2D eigenvalue weighted by Crippen LogP contribution is -2.58. The van der Waals surface area contributed by atoms with E-state index >= 15 is 0 Å². The van der Waals surface area contributed by atoms with Gasteiger partial charge in [-0.15, -0.1) is 0 Å². The standard InChI is InChI=1S/C24H35N9O6S/c25-16(8-13-3-5-15(34)6-4-13)20(35)33-19(11-40)22(37)32-18(9-14-10-28-12-30-14)21(36)31-17(23(38)39)2-1-7-29-24(26)27/h3-6,10,12,16-19,34,40H,1-2,7-9,11,25H2,(H,28,30)(H,31,36)(H,32,37)(H,33,35)(H,38,39)(H4,26,27,29). The summed E-state index contributed by atoms with van der Waals surface area (Å²) in [7, 11) is 0. The number of H-pyrrole nitrogens is 1. The van der Waals surface area contributed by atoms with E-state index in [1.165, 1.54) is 24.7 Å². The number of guanidine groups is 1. The van der Waals surface area contributed by atoms with E-state index in [4.69, 9.17) is 17.2 Å². The summed E-state index contributed by atoms with van der Waals surface area (Å²) in [6, 6.07) is 1.55. The van der Waals surface area contributed by atoms with Gasteiger partial charge in [0.25, 0.3) is 0 Å². The molecule has 12 N–H and O–H groups in total. The number of phenolic OH excluding ortho intramolecular Hbond substituents is 1. The van der Waals surface area contributed by atoms with Gasteiger partial charge in [-0.25, -0.2) is 9.78 Å². The minimum Gasteiger partial charge on any atom is -0.508 e. The lowest BCUT2D eigenvalue weighted by Gasteiger charge is -2.24. The molecular formula is C24H35N9O6S. The molecule has 40 heavy (non-hydrogen) atoms. The molecule has 0 spiro atoms. The van der Waals surface area contributed by atoms with Gasteiger partial charge in [-0.1, -0.05) is 12.1 Å². The SMILES string of the molecule is NC(N)=NCCCC(NC(=O)C(Cc1cnc[nH]1)NC(=O)C(CS)NC(=O)C(N)Cc1ccc(O)cc1)C(=O)O. The molecule has 0 bridgehead atoms. The van der Waals surface area contributed by atoms with Crippen molar-refractivity contribution in [3.8, 4) is 5.75 Å². The monoisotopic (exact) mass is 577 g/mol. The zero-order chi connectivity index (χ0) is 29.7. The van der Waals surface area contributed by atoms with Crippen molar-refractivity contribution in [1.82, 2.24) is 25.9 Å². The molecule has 0 fully saturated rings. The van der Waals surface area contributed by atoms with Gasteiger partial charge in [0.15, 0.2) is 5.96 Å². The first-order valence-electron chi connectivity index (χ1n) is 12.3. The number of rotatable bonds is 16. The van der Waals surface area contributed by atoms with Gasteiger partial charge in [0.05, 0.1) is 12.4 Å². The Labute approximate surface area is 235 Å². The molecule has 0 aliphatic carbocycles. The lowest BCUT2D eigenvalue weighted by molar-refractivity contribution is -0.142. The van der Waals surface area contributed by atoms with Gasteiger partial charge < -0.3 is 48.3 Å². The van der Waals surface area contributed by atoms with E-state index in [1.54, 1.807) is 12.1 Å². The number of aromatic hydroxyl groups is 1. The molecule has 0 aliphatic rings. The Morgan fingerprint density at radius 2 is 1.60 bits per heavy atom. The van der Waals surface area contributed by atoms with E-state index in [9.17, 15) is 29.4 Å². The van der Waals surface area contributed by atoms with Crippen molar-refractivity contribution < 1.29 is 29.4 Å². The summed E-state index contributed by atoms with van der Waals surface area (Å²) in [6.45, 7) is 0.175. The number of carboxylic acid groups (broad SMARTS) is 1. The number of imidazole rings is 1. The number of amides is 3. The number of carbonyl (C=O) groups excluding carboxylic acids is 3. The summed E-state index contributed by atoms with van der Waals surface area (Å²) in [6.07, 6.45) is 3.28. The van der Waals surface area contributed by atoms with Crippen LogP contribution < -0.4 is 33.2 Å². The normalized spacial score (nSPS) is 13.8. The average molecular weight is 578 g/mol. The van der Waals surface area contributed by atoms with E-state index in [1.807, 2.05) is 0 Å². The Morgan fingerprint density at radius 3 is 2.17 bits per heavy atom. The summed E-state index contributed by atoms with van der Waals surface area (Å²) in [4.78, 5) is 61.1. The first kappa shape index (κ1) is 31.9. The highest BCUT2D eigenvalue weighted by Gasteiger charge is 2.30. The number of nitrogens with one attached hydrogen (secondary N) is 4. The number of carbonyl (C=O) groups is 4. The highest BCUT2D eigenvalue weighted by atomic mass is 32.1. The van der Waals surface area contributed by atoms with Gasteiger partial charge in [0, 0.05) is 30.6 Å². The second-order valence-electron chi connectivity index (χ2n) is 8.91. The number of aliphatic imine (C=N–C) groups is 1. The van der Waals surface area contributed by atoms with Crippen LogP contribution in [0.25, 0.3) is 0 Å². The molecule has 4 unspecified atom stereocenters. The highest BCUT2D eigenvalue weighted by Crippen LogP contribution is 2.11. The predicted octanol–water partition coefficient (Wildman–Crippen LogP) is -2.25. The fraction of sp³-hybridized carbons (Fsp3) is 0.417. The van der Waals surface area contributed by atoms with Gasteiger partial charge in [-0.05, 0) is 37.0 Å². The number of phenols is 1. The molecule has 3 amide bonds. The van der Waals surface area contributed by atoms with Crippen molar-refractivity contribution >= 4 is 42.3 Å². The summed E-state index contributed by atoms with van der Waals surface area (Å²) in [5.41, 5.74) is 17.7. The number of hydrogen-bond acceptors (Lipinski definition) is 9. The molecule has 1 aromatic carbocycles. The van der Waals surface area contributed by atoms with Crippen LogP contribution in [-0.4, -0.2) is 86.3 Å². The molecule has 0 saturated carbocycles. The van der Waals surface area contributed by atoms with Crippen molar-refractivity contribution in [2.75, 3.05) is 12.3 Å². The Bertz CT molecular complexity index is 1160. The van der Waals surface area contributed by atoms with Crippen LogP contribution in [0.2, 0.25) is 0 Å². The van der Waals surface area contributed by atoms with E-state index in [0.29, 0.717) is 11.3 Å². The number of hydrogen-bond donors (Lipinski definition) is 10. The van der Waals surface area contributed by atoms with E-state index < -0.39 is 47.9 Å². The maximum absolute atomic E-state index is 13.1. The van der Waals surface area contributed by atoms with Gasteiger partial charge in [0.1, 0.15) is 23.9 Å². The number of benzene rings is 1. The molecule has 2 rings (SSSR count). The van der Waals surface area contributed by atoms with Gasteiger partial charge >= 0.3 is 5.97 Å². The third-order valence-corrected chi connectivity index (χ3v) is 6.08. The van der Waals surface area contributed by atoms with Gasteiger partial charge in [-0.2, -0.15) is 12.6 Å². The third kappa shape index (κ3) is 10.8. The zero-order valence-electron chi connectivity index (χ0n) is 21.6. The van der Waals surface area contributed by atoms with Crippen molar-refractivity contribution in [2.45, 2.75) is 49.9 Å². The Balaban J connectivity index is 2.06. The maximum Gasteiger partial charge on any atom is 0.326 e. The molecule has 16 heteroatoms. The molecule has 1 heterocycles. The lowest BCUT2D eigenvalue weighted by atomic mass is 10.1. The maximum atomic E-state index is 13.1. The van der Waals surface area contributed by atoms with Crippen molar-refractivity contribution in [1.29, 1.82) is 0 Å². The molecular weight excluding hydrogens is 542 g/mol. The number of aromatic amines is 1. The van der Waals surface area contributed by atoms with Crippen LogP contribution in [0.5, 0.6) is 5.75 Å². The van der Waals surface area contributed by atoms with E-state index in [2.05, 4.69) is 43.5 Å².